The van der Waals surface area contributed by atoms with Crippen LogP contribution in [0.4, 0.5) is 5.82 Å². The zero-order chi connectivity index (χ0) is 18.4. The largest absolute Gasteiger partial charge is 0.350 e. The van der Waals surface area contributed by atoms with Crippen LogP contribution in [0.1, 0.15) is 43.0 Å². The van der Waals surface area contributed by atoms with Crippen molar-refractivity contribution in [2.24, 2.45) is 0 Å². The fourth-order valence-corrected chi connectivity index (χ4v) is 3.88. The third kappa shape index (κ3) is 4.66. The Hall–Kier alpha value is -2.28. The topological polar surface area (TPSA) is 76.0 Å². The van der Waals surface area contributed by atoms with Crippen LogP contribution < -0.4 is 10.6 Å². The van der Waals surface area contributed by atoms with Gasteiger partial charge in [-0.25, -0.2) is 4.68 Å². The second-order valence-corrected chi connectivity index (χ2v) is 7.32. The number of anilines is 1. The fourth-order valence-electron chi connectivity index (χ4n) is 2.84. The van der Waals surface area contributed by atoms with Gasteiger partial charge in [-0.1, -0.05) is 43.7 Å². The number of aromatic nitrogens is 2. The first-order valence-corrected chi connectivity index (χ1v) is 10.1. The minimum absolute atomic E-state index is 0.0163. The molecule has 7 heteroatoms. The Morgan fingerprint density at radius 2 is 2.00 bits per heavy atom. The lowest BCUT2D eigenvalue weighted by Crippen LogP contribution is -2.28. The van der Waals surface area contributed by atoms with Crippen LogP contribution >= 0.6 is 11.8 Å². The molecule has 1 aliphatic rings. The minimum Gasteiger partial charge on any atom is -0.350 e. The highest BCUT2D eigenvalue weighted by molar-refractivity contribution is 7.98. The van der Waals surface area contributed by atoms with E-state index < -0.39 is 0 Å². The molecule has 0 saturated heterocycles. The Bertz CT molecular complexity index is 773. The number of carbonyl (C=O) groups is 2. The van der Waals surface area contributed by atoms with E-state index in [0.29, 0.717) is 18.8 Å². The summed E-state index contributed by atoms with van der Waals surface area (Å²) in [4.78, 5) is 24.5. The molecule has 138 valence electrons. The van der Waals surface area contributed by atoms with Crippen LogP contribution in [-0.4, -0.2) is 21.6 Å². The van der Waals surface area contributed by atoms with Crippen molar-refractivity contribution in [2.45, 2.75) is 50.8 Å². The summed E-state index contributed by atoms with van der Waals surface area (Å²) in [5.74, 6) is 2.20. The Morgan fingerprint density at radius 1 is 1.19 bits per heavy atom. The molecule has 2 N–H and O–H groups in total. The SMILES string of the molecule is CCCCC(=O)Nc1c2c(nn1CC(=O)NCc1ccccc1)CSC2. The summed E-state index contributed by atoms with van der Waals surface area (Å²) in [6.45, 7) is 2.64. The molecule has 2 aromatic rings. The van der Waals surface area contributed by atoms with Gasteiger partial charge in [0, 0.05) is 30.0 Å². The molecule has 26 heavy (non-hydrogen) atoms. The van der Waals surface area contributed by atoms with Crippen molar-refractivity contribution in [3.05, 3.63) is 47.2 Å². The van der Waals surface area contributed by atoms with Gasteiger partial charge < -0.3 is 10.6 Å². The number of unbranched alkanes of at least 4 members (excludes halogenated alkanes) is 1. The standard InChI is InChI=1S/C19H24N4O2S/c1-2-3-9-17(24)21-19-15-12-26-13-16(15)22-23(19)11-18(25)20-10-14-7-5-4-6-8-14/h4-8H,2-3,9-13H2,1H3,(H,20,25)(H,21,24). The van der Waals surface area contributed by atoms with Gasteiger partial charge in [-0.3, -0.25) is 9.59 Å². The van der Waals surface area contributed by atoms with Crippen LogP contribution in [0, 0.1) is 0 Å². The highest BCUT2D eigenvalue weighted by Crippen LogP contribution is 2.34. The molecule has 0 atom stereocenters. The molecule has 0 fully saturated rings. The van der Waals surface area contributed by atoms with E-state index in [2.05, 4.69) is 22.7 Å². The van der Waals surface area contributed by atoms with Gasteiger partial charge in [0.05, 0.1) is 5.69 Å². The number of carbonyl (C=O) groups excluding carboxylic acids is 2. The monoisotopic (exact) mass is 372 g/mol. The van der Waals surface area contributed by atoms with Crippen LogP contribution in [0.15, 0.2) is 30.3 Å². The quantitative estimate of drug-likeness (QED) is 0.747. The van der Waals surface area contributed by atoms with E-state index in [0.717, 1.165) is 41.2 Å². The van der Waals surface area contributed by atoms with E-state index in [1.807, 2.05) is 30.3 Å². The zero-order valence-corrected chi connectivity index (χ0v) is 15.8. The number of thioether (sulfide) groups is 1. The van der Waals surface area contributed by atoms with Crippen molar-refractivity contribution in [3.8, 4) is 0 Å². The highest BCUT2D eigenvalue weighted by atomic mass is 32.2. The molecule has 1 aromatic heterocycles. The van der Waals surface area contributed by atoms with E-state index in [1.54, 1.807) is 16.4 Å². The van der Waals surface area contributed by atoms with Gasteiger partial charge in [0.15, 0.2) is 0 Å². The van der Waals surface area contributed by atoms with E-state index in [9.17, 15) is 9.59 Å². The Balaban J connectivity index is 1.65. The summed E-state index contributed by atoms with van der Waals surface area (Å²) in [6.07, 6.45) is 2.32. The van der Waals surface area contributed by atoms with Crippen molar-refractivity contribution in [2.75, 3.05) is 5.32 Å². The van der Waals surface area contributed by atoms with Crippen molar-refractivity contribution >= 4 is 29.4 Å². The van der Waals surface area contributed by atoms with E-state index >= 15 is 0 Å². The number of benzene rings is 1. The number of rotatable bonds is 8. The minimum atomic E-state index is -0.119. The second kappa shape index (κ2) is 8.89. The van der Waals surface area contributed by atoms with Gasteiger partial charge in [-0.15, -0.1) is 0 Å². The summed E-state index contributed by atoms with van der Waals surface area (Å²) in [5, 5.41) is 10.4. The van der Waals surface area contributed by atoms with Crippen LogP contribution in [0.3, 0.4) is 0 Å². The molecule has 0 unspecified atom stereocenters. The predicted molar refractivity (Wildman–Crippen MR) is 104 cm³/mol. The average molecular weight is 372 g/mol. The number of amides is 2. The van der Waals surface area contributed by atoms with Crippen molar-refractivity contribution in [1.29, 1.82) is 0 Å². The van der Waals surface area contributed by atoms with E-state index in [4.69, 9.17) is 0 Å². The van der Waals surface area contributed by atoms with Crippen LogP contribution in [-0.2, 0) is 34.2 Å². The summed E-state index contributed by atoms with van der Waals surface area (Å²) < 4.78 is 1.63. The van der Waals surface area contributed by atoms with Gasteiger partial charge >= 0.3 is 0 Å². The van der Waals surface area contributed by atoms with Gasteiger partial charge in [0.25, 0.3) is 0 Å². The molecule has 6 nitrogen and oxygen atoms in total. The molecule has 1 aliphatic heterocycles. The van der Waals surface area contributed by atoms with E-state index in [-0.39, 0.29) is 18.4 Å². The number of nitrogens with one attached hydrogen (secondary N) is 2. The normalized spacial score (nSPS) is 12.7. The first kappa shape index (κ1) is 18.5. The lowest BCUT2D eigenvalue weighted by molar-refractivity contribution is -0.122. The lowest BCUT2D eigenvalue weighted by Gasteiger charge is -2.11. The maximum Gasteiger partial charge on any atom is 0.242 e. The number of hydrogen-bond acceptors (Lipinski definition) is 4. The number of fused-ring (bicyclic) bond motifs is 1. The highest BCUT2D eigenvalue weighted by Gasteiger charge is 2.24. The smallest absolute Gasteiger partial charge is 0.242 e. The number of nitrogens with zero attached hydrogens (tertiary/aromatic N) is 2. The average Bonchev–Trinajstić information content (AvgIpc) is 3.22. The number of hydrogen-bond donors (Lipinski definition) is 2. The third-order valence-corrected chi connectivity index (χ3v) is 5.23. The van der Waals surface area contributed by atoms with E-state index in [1.165, 1.54) is 0 Å². The molecule has 0 bridgehead atoms. The van der Waals surface area contributed by atoms with Gasteiger partial charge in [0.1, 0.15) is 12.4 Å². The molecule has 1 aromatic carbocycles. The molecular weight excluding hydrogens is 348 g/mol. The molecule has 0 radical (unpaired) electrons. The Morgan fingerprint density at radius 3 is 2.77 bits per heavy atom. The molecule has 0 spiro atoms. The van der Waals surface area contributed by atoms with Gasteiger partial charge in [-0.2, -0.15) is 16.9 Å². The lowest BCUT2D eigenvalue weighted by atomic mass is 10.2. The predicted octanol–water partition coefficient (Wildman–Crippen LogP) is 3.08. The Labute approximate surface area is 157 Å². The van der Waals surface area contributed by atoms with Crippen molar-refractivity contribution in [1.82, 2.24) is 15.1 Å². The van der Waals surface area contributed by atoms with Crippen LogP contribution in [0.2, 0.25) is 0 Å². The van der Waals surface area contributed by atoms with Gasteiger partial charge in [0.2, 0.25) is 11.8 Å². The maximum atomic E-state index is 12.3. The molecule has 0 aliphatic carbocycles. The summed E-state index contributed by atoms with van der Waals surface area (Å²) in [6, 6.07) is 9.78. The molecule has 2 heterocycles. The molecule has 0 saturated carbocycles. The summed E-state index contributed by atoms with van der Waals surface area (Å²) >= 11 is 1.78. The van der Waals surface area contributed by atoms with Gasteiger partial charge in [-0.05, 0) is 12.0 Å². The second-order valence-electron chi connectivity index (χ2n) is 6.34. The maximum absolute atomic E-state index is 12.3. The third-order valence-electron chi connectivity index (χ3n) is 4.26. The van der Waals surface area contributed by atoms with Crippen molar-refractivity contribution in [3.63, 3.8) is 0 Å². The summed E-state index contributed by atoms with van der Waals surface area (Å²) in [7, 11) is 0. The first-order valence-electron chi connectivity index (χ1n) is 8.94. The zero-order valence-electron chi connectivity index (χ0n) is 15.0. The molecule has 2 amide bonds. The van der Waals surface area contributed by atoms with Crippen LogP contribution in [0.25, 0.3) is 0 Å². The van der Waals surface area contributed by atoms with Crippen LogP contribution in [0.5, 0.6) is 0 Å². The Kier molecular flexibility index (Phi) is 6.33. The fraction of sp³-hybridized carbons (Fsp3) is 0.421. The summed E-state index contributed by atoms with van der Waals surface area (Å²) in [5.41, 5.74) is 3.07. The molecule has 3 rings (SSSR count). The van der Waals surface area contributed by atoms with Crippen molar-refractivity contribution < 1.29 is 9.59 Å². The first-order chi connectivity index (χ1) is 12.7. The molecular formula is C19H24N4O2S.